The Labute approximate surface area is 208 Å². The first-order valence-electron chi connectivity index (χ1n) is 12.3. The number of aryl methyl sites for hydroxylation is 2. The monoisotopic (exact) mass is 493 g/mol. The summed E-state index contributed by atoms with van der Waals surface area (Å²) in [5.41, 5.74) is 2.56. The van der Waals surface area contributed by atoms with Gasteiger partial charge in [-0.1, -0.05) is 24.3 Å². The number of hydrogen-bond acceptors (Lipinski definition) is 6. The lowest BCUT2D eigenvalue weighted by Gasteiger charge is -2.27. The molecule has 3 aliphatic rings. The molecule has 1 atom stereocenters. The zero-order chi connectivity index (χ0) is 25.2. The van der Waals surface area contributed by atoms with Gasteiger partial charge in [0, 0.05) is 32.7 Å². The largest absolute Gasteiger partial charge is 0.380 e. The van der Waals surface area contributed by atoms with Gasteiger partial charge in [-0.2, -0.15) is 0 Å². The first-order valence-corrected chi connectivity index (χ1v) is 12.3. The first-order chi connectivity index (χ1) is 17.4. The predicted octanol–water partition coefficient (Wildman–Crippen LogP) is 2.23. The van der Waals surface area contributed by atoms with Crippen molar-refractivity contribution in [2.75, 3.05) is 26.3 Å². The van der Waals surface area contributed by atoms with Crippen LogP contribution < -0.4 is 5.32 Å². The van der Waals surface area contributed by atoms with Gasteiger partial charge in [-0.05, 0) is 54.5 Å². The van der Waals surface area contributed by atoms with E-state index in [9.17, 15) is 23.6 Å². The lowest BCUT2D eigenvalue weighted by molar-refractivity contribution is -0.136. The minimum absolute atomic E-state index is 0.0669. The second-order valence-electron chi connectivity index (χ2n) is 9.45. The zero-order valence-corrected chi connectivity index (χ0v) is 19.9. The van der Waals surface area contributed by atoms with Crippen molar-refractivity contribution in [3.05, 3.63) is 70.0 Å². The van der Waals surface area contributed by atoms with E-state index in [0.717, 1.165) is 36.6 Å². The van der Waals surface area contributed by atoms with E-state index in [1.807, 2.05) is 6.07 Å². The summed E-state index contributed by atoms with van der Waals surface area (Å²) < 4.78 is 20.4. The second kappa shape index (κ2) is 10.3. The molecule has 2 aromatic rings. The van der Waals surface area contributed by atoms with Gasteiger partial charge in [-0.15, -0.1) is 0 Å². The Bertz CT molecular complexity index is 1220. The van der Waals surface area contributed by atoms with Crippen LogP contribution in [0.2, 0.25) is 0 Å². The predicted molar refractivity (Wildman–Crippen MR) is 128 cm³/mol. The molecule has 1 unspecified atom stereocenters. The minimum Gasteiger partial charge on any atom is -0.380 e. The van der Waals surface area contributed by atoms with Gasteiger partial charge in [0.15, 0.2) is 0 Å². The molecule has 36 heavy (non-hydrogen) atoms. The van der Waals surface area contributed by atoms with E-state index in [2.05, 4.69) is 10.2 Å². The number of ether oxygens (including phenoxy) is 1. The summed E-state index contributed by atoms with van der Waals surface area (Å²) in [6, 6.07) is 9.28. The molecule has 0 aromatic heterocycles. The molecule has 4 amide bonds. The molecule has 5 rings (SSSR count). The normalized spacial score (nSPS) is 20.9. The third kappa shape index (κ3) is 4.81. The van der Waals surface area contributed by atoms with Crippen molar-refractivity contribution in [2.45, 2.75) is 44.7 Å². The Balaban J connectivity index is 1.29. The molecule has 9 heteroatoms. The Morgan fingerprint density at radius 1 is 0.972 bits per heavy atom. The van der Waals surface area contributed by atoms with Crippen molar-refractivity contribution in [1.82, 2.24) is 15.1 Å². The van der Waals surface area contributed by atoms with Crippen molar-refractivity contribution in [1.29, 1.82) is 0 Å². The average Bonchev–Trinajstić information content (AvgIpc) is 3.00. The van der Waals surface area contributed by atoms with Crippen LogP contribution in [-0.2, 0) is 33.7 Å². The highest BCUT2D eigenvalue weighted by molar-refractivity contribution is 6.24. The average molecular weight is 494 g/mol. The molecule has 8 nitrogen and oxygen atoms in total. The summed E-state index contributed by atoms with van der Waals surface area (Å²) in [7, 11) is 0. The summed E-state index contributed by atoms with van der Waals surface area (Å²) >= 11 is 0. The number of carbonyl (C=O) groups excluding carboxylic acids is 4. The highest BCUT2D eigenvalue weighted by Gasteiger charge is 2.45. The summed E-state index contributed by atoms with van der Waals surface area (Å²) in [5, 5.41) is 2.20. The number of nitrogens with one attached hydrogen (secondary N) is 1. The fourth-order valence-electron chi connectivity index (χ4n) is 5.17. The van der Waals surface area contributed by atoms with Gasteiger partial charge in [-0.3, -0.25) is 34.3 Å². The number of carbonyl (C=O) groups is 4. The first kappa shape index (κ1) is 24.3. The third-order valence-corrected chi connectivity index (χ3v) is 7.06. The molecule has 0 spiro atoms. The lowest BCUT2D eigenvalue weighted by atomic mass is 9.96. The Kier molecular flexibility index (Phi) is 6.93. The van der Waals surface area contributed by atoms with Crippen LogP contribution in [0.3, 0.4) is 0 Å². The number of piperidine rings is 1. The van der Waals surface area contributed by atoms with E-state index in [0.29, 0.717) is 37.1 Å². The molecule has 0 aliphatic carbocycles. The van der Waals surface area contributed by atoms with E-state index in [1.54, 1.807) is 30.3 Å². The maximum absolute atomic E-state index is 14.9. The number of hydrogen-bond donors (Lipinski definition) is 1. The van der Waals surface area contributed by atoms with Crippen LogP contribution in [0.4, 0.5) is 4.39 Å². The summed E-state index contributed by atoms with van der Waals surface area (Å²) in [4.78, 5) is 53.3. The highest BCUT2D eigenvalue weighted by atomic mass is 19.1. The molecule has 0 radical (unpaired) electrons. The van der Waals surface area contributed by atoms with Crippen molar-refractivity contribution < 1.29 is 28.3 Å². The van der Waals surface area contributed by atoms with Gasteiger partial charge in [0.05, 0.1) is 17.7 Å². The van der Waals surface area contributed by atoms with E-state index in [-0.39, 0.29) is 29.8 Å². The van der Waals surface area contributed by atoms with Gasteiger partial charge >= 0.3 is 0 Å². The van der Waals surface area contributed by atoms with E-state index >= 15 is 0 Å². The summed E-state index contributed by atoms with van der Waals surface area (Å²) in [6.45, 7) is 3.85. The SMILES string of the molecule is O=C1CCC(N2C(=O)c3cccc(CCc4ccc(CN5CCCOCC5)cc4F)c3C2=O)C(=O)N1. The standard InChI is InChI=1S/C27H28FN3O5/c28-21-15-17(16-30-11-2-13-36-14-12-30)5-6-18(21)7-8-19-3-1-4-20-24(19)27(35)31(26(20)34)22-9-10-23(32)29-25(22)33/h1,3-6,15,22H,2,7-14,16H2,(H,29,32,33). The quantitative estimate of drug-likeness (QED) is 0.620. The molecule has 2 fully saturated rings. The molecule has 3 heterocycles. The van der Waals surface area contributed by atoms with Crippen molar-refractivity contribution >= 4 is 23.6 Å². The van der Waals surface area contributed by atoms with E-state index in [1.165, 1.54) is 0 Å². The van der Waals surface area contributed by atoms with Crippen LogP contribution in [0.1, 0.15) is 56.7 Å². The molecule has 1 N–H and O–H groups in total. The van der Waals surface area contributed by atoms with E-state index in [4.69, 9.17) is 4.74 Å². The van der Waals surface area contributed by atoms with Crippen molar-refractivity contribution in [3.63, 3.8) is 0 Å². The zero-order valence-electron chi connectivity index (χ0n) is 19.9. The molecular formula is C27H28FN3O5. The maximum atomic E-state index is 14.9. The number of halogens is 1. The number of rotatable bonds is 6. The van der Waals surface area contributed by atoms with Gasteiger partial charge in [-0.25, -0.2) is 4.39 Å². The third-order valence-electron chi connectivity index (χ3n) is 7.06. The highest BCUT2D eigenvalue weighted by Crippen LogP contribution is 2.30. The van der Waals surface area contributed by atoms with Crippen LogP contribution in [0.25, 0.3) is 0 Å². The van der Waals surface area contributed by atoms with Gasteiger partial charge in [0.1, 0.15) is 11.9 Å². The second-order valence-corrected chi connectivity index (χ2v) is 9.45. The summed E-state index contributed by atoms with van der Waals surface area (Å²) in [6.07, 6.45) is 1.86. The number of benzene rings is 2. The van der Waals surface area contributed by atoms with Gasteiger partial charge in [0.25, 0.3) is 11.8 Å². The molecule has 2 aromatic carbocycles. The van der Waals surface area contributed by atoms with E-state index < -0.39 is 29.7 Å². The van der Waals surface area contributed by atoms with Crippen LogP contribution in [0.5, 0.6) is 0 Å². The van der Waals surface area contributed by atoms with Crippen LogP contribution in [-0.4, -0.2) is 65.8 Å². The van der Waals surface area contributed by atoms with Gasteiger partial charge in [0.2, 0.25) is 11.8 Å². The van der Waals surface area contributed by atoms with Crippen LogP contribution in [0.15, 0.2) is 36.4 Å². The molecule has 2 saturated heterocycles. The van der Waals surface area contributed by atoms with Crippen molar-refractivity contribution in [3.8, 4) is 0 Å². The molecule has 0 saturated carbocycles. The topological polar surface area (TPSA) is 96.0 Å². The molecular weight excluding hydrogens is 465 g/mol. The van der Waals surface area contributed by atoms with Crippen LogP contribution >= 0.6 is 0 Å². The minimum atomic E-state index is -1.01. The Morgan fingerprint density at radius 2 is 1.81 bits per heavy atom. The smallest absolute Gasteiger partial charge is 0.262 e. The fourth-order valence-corrected chi connectivity index (χ4v) is 5.17. The van der Waals surface area contributed by atoms with Crippen LogP contribution in [0, 0.1) is 5.82 Å². The maximum Gasteiger partial charge on any atom is 0.262 e. The molecule has 0 bridgehead atoms. The Hall–Kier alpha value is -3.43. The lowest BCUT2D eigenvalue weighted by Crippen LogP contribution is -2.54. The number of imide groups is 2. The van der Waals surface area contributed by atoms with Gasteiger partial charge < -0.3 is 4.74 Å². The molecule has 3 aliphatic heterocycles. The summed E-state index contributed by atoms with van der Waals surface area (Å²) in [5.74, 6) is -2.43. The number of fused-ring (bicyclic) bond motifs is 1. The number of nitrogens with zero attached hydrogens (tertiary/aromatic N) is 2. The molecule has 188 valence electrons. The fraction of sp³-hybridized carbons (Fsp3) is 0.407. The number of amides is 4. The Morgan fingerprint density at radius 3 is 2.61 bits per heavy atom. The van der Waals surface area contributed by atoms with Crippen molar-refractivity contribution in [2.24, 2.45) is 0 Å².